The molecule has 1 amide bonds. The van der Waals surface area contributed by atoms with E-state index in [9.17, 15) is 4.79 Å². The van der Waals surface area contributed by atoms with Crippen LogP contribution >= 0.6 is 23.2 Å². The highest BCUT2D eigenvalue weighted by molar-refractivity contribution is 6.42. The van der Waals surface area contributed by atoms with E-state index in [0.717, 1.165) is 0 Å². The molecule has 1 aromatic carbocycles. The molecule has 2 rings (SSSR count). The lowest BCUT2D eigenvalue weighted by Crippen LogP contribution is -2.16. The Bertz CT molecular complexity index is 661. The minimum absolute atomic E-state index is 0.214. The van der Waals surface area contributed by atoms with Gasteiger partial charge in [0.15, 0.2) is 0 Å². The van der Waals surface area contributed by atoms with Crippen LogP contribution in [0.4, 0.5) is 11.5 Å². The SMILES string of the molecule is CC(C)Nc1cc(C(=O)Nc2ccc(Cl)c(Cl)c2)ncn1. The fourth-order valence-corrected chi connectivity index (χ4v) is 1.92. The molecule has 21 heavy (non-hydrogen) atoms. The standard InChI is InChI=1S/C14H14Cl2N4O/c1-8(2)19-13-6-12(17-7-18-13)14(21)20-9-3-4-10(15)11(16)5-9/h3-8H,1-2H3,(H,20,21)(H,17,18,19). The molecule has 7 heteroatoms. The van der Waals surface area contributed by atoms with Crippen LogP contribution in [0.3, 0.4) is 0 Å². The Morgan fingerprint density at radius 1 is 1.14 bits per heavy atom. The number of halogens is 2. The van der Waals surface area contributed by atoms with E-state index < -0.39 is 0 Å². The third-order valence-corrected chi connectivity index (χ3v) is 3.25. The largest absolute Gasteiger partial charge is 0.368 e. The zero-order chi connectivity index (χ0) is 15.4. The van der Waals surface area contributed by atoms with Crippen LogP contribution in [-0.4, -0.2) is 21.9 Å². The van der Waals surface area contributed by atoms with Crippen molar-refractivity contribution >= 4 is 40.6 Å². The molecule has 2 N–H and O–H groups in total. The number of nitrogens with zero attached hydrogens (tertiary/aromatic N) is 2. The number of carbonyl (C=O) groups is 1. The van der Waals surface area contributed by atoms with Crippen LogP contribution in [0.2, 0.25) is 10.0 Å². The molecule has 0 aliphatic rings. The molecule has 5 nitrogen and oxygen atoms in total. The second-order valence-corrected chi connectivity index (χ2v) is 5.48. The van der Waals surface area contributed by atoms with Gasteiger partial charge in [0, 0.05) is 17.8 Å². The van der Waals surface area contributed by atoms with Crippen molar-refractivity contribution in [3.05, 3.63) is 46.3 Å². The highest BCUT2D eigenvalue weighted by Crippen LogP contribution is 2.25. The molecule has 1 aromatic heterocycles. The zero-order valence-corrected chi connectivity index (χ0v) is 13.0. The van der Waals surface area contributed by atoms with Crippen LogP contribution < -0.4 is 10.6 Å². The fraction of sp³-hybridized carbons (Fsp3) is 0.214. The minimum atomic E-state index is -0.345. The molecule has 0 aliphatic heterocycles. The Morgan fingerprint density at radius 3 is 2.57 bits per heavy atom. The Morgan fingerprint density at radius 2 is 1.90 bits per heavy atom. The first-order chi connectivity index (χ1) is 9.95. The average molecular weight is 325 g/mol. The molecule has 110 valence electrons. The van der Waals surface area contributed by atoms with Gasteiger partial charge in [0.1, 0.15) is 17.8 Å². The third-order valence-electron chi connectivity index (χ3n) is 2.51. The van der Waals surface area contributed by atoms with Gasteiger partial charge < -0.3 is 10.6 Å². The number of hydrogen-bond acceptors (Lipinski definition) is 4. The molecular weight excluding hydrogens is 311 g/mol. The monoisotopic (exact) mass is 324 g/mol. The fourth-order valence-electron chi connectivity index (χ4n) is 1.63. The first-order valence-electron chi connectivity index (χ1n) is 6.30. The van der Waals surface area contributed by atoms with Gasteiger partial charge >= 0.3 is 0 Å². The number of benzene rings is 1. The minimum Gasteiger partial charge on any atom is -0.368 e. The first-order valence-corrected chi connectivity index (χ1v) is 7.06. The molecule has 2 aromatic rings. The number of hydrogen-bond donors (Lipinski definition) is 2. The topological polar surface area (TPSA) is 66.9 Å². The summed E-state index contributed by atoms with van der Waals surface area (Å²) in [7, 11) is 0. The molecular formula is C14H14Cl2N4O. The maximum atomic E-state index is 12.1. The van der Waals surface area contributed by atoms with E-state index in [-0.39, 0.29) is 17.6 Å². The maximum absolute atomic E-state index is 12.1. The molecule has 0 unspecified atom stereocenters. The maximum Gasteiger partial charge on any atom is 0.274 e. The molecule has 0 fully saturated rings. The molecule has 1 heterocycles. The normalized spacial score (nSPS) is 10.5. The summed E-state index contributed by atoms with van der Waals surface area (Å²) < 4.78 is 0. The van der Waals surface area contributed by atoms with Crippen LogP contribution in [-0.2, 0) is 0 Å². The molecule has 0 atom stereocenters. The summed E-state index contributed by atoms with van der Waals surface area (Å²) in [5.41, 5.74) is 0.811. The van der Waals surface area contributed by atoms with Crippen molar-refractivity contribution < 1.29 is 4.79 Å². The van der Waals surface area contributed by atoms with Crippen molar-refractivity contribution in [2.75, 3.05) is 10.6 Å². The number of carbonyl (C=O) groups excluding carboxylic acids is 1. The lowest BCUT2D eigenvalue weighted by molar-refractivity contribution is 0.102. The van der Waals surface area contributed by atoms with Crippen LogP contribution in [0.15, 0.2) is 30.6 Å². The van der Waals surface area contributed by atoms with Crippen LogP contribution in [0, 0.1) is 0 Å². The summed E-state index contributed by atoms with van der Waals surface area (Å²) in [6.45, 7) is 3.97. The summed E-state index contributed by atoms with van der Waals surface area (Å²) in [6.07, 6.45) is 1.34. The van der Waals surface area contributed by atoms with Crippen molar-refractivity contribution in [1.29, 1.82) is 0 Å². The van der Waals surface area contributed by atoms with E-state index in [1.165, 1.54) is 6.33 Å². The molecule has 0 saturated carbocycles. The first kappa shape index (κ1) is 15.5. The van der Waals surface area contributed by atoms with Gasteiger partial charge in [-0.1, -0.05) is 23.2 Å². The number of anilines is 2. The summed E-state index contributed by atoms with van der Waals surface area (Å²) >= 11 is 11.7. The smallest absolute Gasteiger partial charge is 0.274 e. The van der Waals surface area contributed by atoms with E-state index in [1.54, 1.807) is 24.3 Å². The Hall–Kier alpha value is -1.85. The summed E-state index contributed by atoms with van der Waals surface area (Å²) in [6, 6.07) is 6.67. The number of aromatic nitrogens is 2. The van der Waals surface area contributed by atoms with Gasteiger partial charge in [-0.15, -0.1) is 0 Å². The van der Waals surface area contributed by atoms with Crippen LogP contribution in [0.5, 0.6) is 0 Å². The van der Waals surface area contributed by atoms with Gasteiger partial charge in [0.2, 0.25) is 0 Å². The van der Waals surface area contributed by atoms with E-state index in [4.69, 9.17) is 23.2 Å². The lowest BCUT2D eigenvalue weighted by atomic mass is 10.3. The van der Waals surface area contributed by atoms with Gasteiger partial charge in [-0.25, -0.2) is 9.97 Å². The van der Waals surface area contributed by atoms with Gasteiger partial charge in [0.05, 0.1) is 10.0 Å². The molecule has 0 saturated heterocycles. The van der Waals surface area contributed by atoms with E-state index in [2.05, 4.69) is 20.6 Å². The quantitative estimate of drug-likeness (QED) is 0.896. The predicted molar refractivity (Wildman–Crippen MR) is 85.2 cm³/mol. The van der Waals surface area contributed by atoms with Gasteiger partial charge in [-0.05, 0) is 32.0 Å². The second-order valence-electron chi connectivity index (χ2n) is 4.67. The van der Waals surface area contributed by atoms with Crippen LogP contribution in [0.1, 0.15) is 24.3 Å². The lowest BCUT2D eigenvalue weighted by Gasteiger charge is -2.10. The van der Waals surface area contributed by atoms with Crippen molar-refractivity contribution in [2.24, 2.45) is 0 Å². The van der Waals surface area contributed by atoms with Crippen molar-refractivity contribution in [3.8, 4) is 0 Å². The van der Waals surface area contributed by atoms with E-state index >= 15 is 0 Å². The van der Waals surface area contributed by atoms with E-state index in [1.807, 2.05) is 13.8 Å². The number of rotatable bonds is 4. The summed E-state index contributed by atoms with van der Waals surface area (Å²) in [4.78, 5) is 20.2. The Labute approximate surface area is 132 Å². The van der Waals surface area contributed by atoms with E-state index in [0.29, 0.717) is 21.6 Å². The number of nitrogens with one attached hydrogen (secondary N) is 2. The van der Waals surface area contributed by atoms with Gasteiger partial charge in [0.25, 0.3) is 5.91 Å². The van der Waals surface area contributed by atoms with Gasteiger partial charge in [-0.3, -0.25) is 4.79 Å². The Balaban J connectivity index is 2.14. The summed E-state index contributed by atoms with van der Waals surface area (Å²) in [5.74, 6) is 0.252. The molecule has 0 spiro atoms. The summed E-state index contributed by atoms with van der Waals surface area (Å²) in [5, 5.41) is 6.62. The average Bonchev–Trinajstić information content (AvgIpc) is 2.42. The zero-order valence-electron chi connectivity index (χ0n) is 11.5. The molecule has 0 radical (unpaired) electrons. The van der Waals surface area contributed by atoms with Gasteiger partial charge in [-0.2, -0.15) is 0 Å². The second kappa shape index (κ2) is 6.74. The third kappa shape index (κ3) is 4.31. The van der Waals surface area contributed by atoms with Crippen molar-refractivity contribution in [3.63, 3.8) is 0 Å². The molecule has 0 bridgehead atoms. The van der Waals surface area contributed by atoms with Crippen LogP contribution in [0.25, 0.3) is 0 Å². The highest BCUT2D eigenvalue weighted by Gasteiger charge is 2.10. The van der Waals surface area contributed by atoms with Crippen molar-refractivity contribution in [2.45, 2.75) is 19.9 Å². The van der Waals surface area contributed by atoms with Crippen molar-refractivity contribution in [1.82, 2.24) is 9.97 Å². The number of amides is 1. The predicted octanol–water partition coefficient (Wildman–Crippen LogP) is 3.86. The molecule has 0 aliphatic carbocycles. The highest BCUT2D eigenvalue weighted by atomic mass is 35.5. The Kier molecular flexibility index (Phi) is 4.98.